The Hall–Kier alpha value is -0.920. The number of amides is 1. The van der Waals surface area contributed by atoms with Crippen LogP contribution in [0.25, 0.3) is 0 Å². The Morgan fingerprint density at radius 3 is 2.32 bits per heavy atom. The zero-order valence-electron chi connectivity index (χ0n) is 13.6. The monoisotopic (exact) mass is 329 g/mol. The van der Waals surface area contributed by atoms with Gasteiger partial charge in [-0.25, -0.2) is 0 Å². The maximum Gasteiger partial charge on any atom is 0.282 e. The second-order valence-corrected chi connectivity index (χ2v) is 7.77. The van der Waals surface area contributed by atoms with Crippen molar-refractivity contribution < 1.29 is 13.2 Å². The minimum atomic E-state index is -3.38. The highest BCUT2D eigenvalue weighted by Gasteiger charge is 2.32. The van der Waals surface area contributed by atoms with Crippen LogP contribution in [0.15, 0.2) is 12.2 Å². The van der Waals surface area contributed by atoms with E-state index in [0.29, 0.717) is 51.6 Å². The van der Waals surface area contributed by atoms with Crippen molar-refractivity contribution in [2.45, 2.75) is 33.1 Å². The first-order valence-corrected chi connectivity index (χ1v) is 9.58. The van der Waals surface area contributed by atoms with Crippen molar-refractivity contribution in [3.8, 4) is 0 Å². The Morgan fingerprint density at radius 2 is 1.82 bits per heavy atom. The summed E-state index contributed by atoms with van der Waals surface area (Å²) >= 11 is 0. The molecule has 2 aliphatic rings. The van der Waals surface area contributed by atoms with Crippen molar-refractivity contribution in [3.63, 3.8) is 0 Å². The molecule has 1 unspecified atom stereocenters. The summed E-state index contributed by atoms with van der Waals surface area (Å²) in [4.78, 5) is 14.1. The minimum Gasteiger partial charge on any atom is -0.340 e. The lowest BCUT2D eigenvalue weighted by Gasteiger charge is -2.36. The smallest absolute Gasteiger partial charge is 0.282 e. The van der Waals surface area contributed by atoms with E-state index in [-0.39, 0.29) is 5.91 Å². The summed E-state index contributed by atoms with van der Waals surface area (Å²) < 4.78 is 27.9. The fourth-order valence-electron chi connectivity index (χ4n) is 3.10. The first-order chi connectivity index (χ1) is 10.5. The summed E-state index contributed by atoms with van der Waals surface area (Å²) in [6.07, 6.45) is 6.93. The molecule has 2 rings (SSSR count). The predicted molar refractivity (Wildman–Crippen MR) is 86.5 cm³/mol. The molecule has 0 bridgehead atoms. The largest absolute Gasteiger partial charge is 0.340 e. The Labute approximate surface area is 133 Å². The zero-order valence-corrected chi connectivity index (χ0v) is 14.4. The highest BCUT2D eigenvalue weighted by atomic mass is 32.2. The number of carbonyl (C=O) groups excluding carboxylic acids is 1. The van der Waals surface area contributed by atoms with Gasteiger partial charge in [-0.15, -0.1) is 0 Å². The predicted octanol–water partition coefficient (Wildman–Crippen LogP) is 1.07. The molecular formula is C15H27N3O3S. The lowest BCUT2D eigenvalue weighted by molar-refractivity contribution is -0.133. The summed E-state index contributed by atoms with van der Waals surface area (Å²) in [5.74, 6) is 0.515. The fourth-order valence-corrected chi connectivity index (χ4v) is 4.70. The van der Waals surface area contributed by atoms with E-state index in [1.165, 1.54) is 8.61 Å². The maximum atomic E-state index is 12.4. The van der Waals surface area contributed by atoms with Crippen molar-refractivity contribution in [3.05, 3.63) is 12.2 Å². The SMILES string of the molecule is CCN(CC)S(=O)(=O)N1CCN(C(=O)CC2C=CCC2)CC1. The van der Waals surface area contributed by atoms with Gasteiger partial charge in [0.25, 0.3) is 10.2 Å². The Morgan fingerprint density at radius 1 is 1.18 bits per heavy atom. The second-order valence-electron chi connectivity index (χ2n) is 5.84. The molecule has 126 valence electrons. The molecule has 7 heteroatoms. The second kappa shape index (κ2) is 7.57. The lowest BCUT2D eigenvalue weighted by atomic mass is 10.0. The Balaban J connectivity index is 1.87. The number of allylic oxidation sites excluding steroid dienone is 2. The third-order valence-corrected chi connectivity index (χ3v) is 6.69. The van der Waals surface area contributed by atoms with Crippen molar-refractivity contribution in [1.82, 2.24) is 13.5 Å². The average molecular weight is 329 g/mol. The molecule has 22 heavy (non-hydrogen) atoms. The van der Waals surface area contributed by atoms with E-state index in [4.69, 9.17) is 0 Å². The maximum absolute atomic E-state index is 12.4. The van der Waals surface area contributed by atoms with E-state index in [1.54, 1.807) is 4.90 Å². The van der Waals surface area contributed by atoms with E-state index >= 15 is 0 Å². The molecule has 1 saturated heterocycles. The van der Waals surface area contributed by atoms with Crippen molar-refractivity contribution in [2.75, 3.05) is 39.3 Å². The summed E-state index contributed by atoms with van der Waals surface area (Å²) in [7, 11) is -3.38. The van der Waals surface area contributed by atoms with Crippen LogP contribution in [0.3, 0.4) is 0 Å². The molecule has 0 radical (unpaired) electrons. The summed E-state index contributed by atoms with van der Waals surface area (Å²) in [6.45, 7) is 6.42. The lowest BCUT2D eigenvalue weighted by Crippen LogP contribution is -2.54. The van der Waals surface area contributed by atoms with Gasteiger partial charge in [0.05, 0.1) is 0 Å². The highest BCUT2D eigenvalue weighted by Crippen LogP contribution is 2.22. The van der Waals surface area contributed by atoms with Crippen molar-refractivity contribution >= 4 is 16.1 Å². The normalized spacial score (nSPS) is 23.4. The number of hydrogen-bond acceptors (Lipinski definition) is 3. The molecule has 0 aromatic carbocycles. The first kappa shape index (κ1) is 17.4. The third-order valence-electron chi connectivity index (χ3n) is 4.50. The van der Waals surface area contributed by atoms with E-state index in [9.17, 15) is 13.2 Å². The van der Waals surface area contributed by atoms with Crippen LogP contribution in [0.4, 0.5) is 0 Å². The van der Waals surface area contributed by atoms with Crippen LogP contribution >= 0.6 is 0 Å². The zero-order chi connectivity index (χ0) is 16.2. The Kier molecular flexibility index (Phi) is 6.00. The molecule has 1 amide bonds. The van der Waals surface area contributed by atoms with Crippen molar-refractivity contribution in [2.24, 2.45) is 5.92 Å². The van der Waals surface area contributed by atoms with Gasteiger partial charge in [-0.3, -0.25) is 4.79 Å². The van der Waals surface area contributed by atoms with Crippen LogP contribution in [0.5, 0.6) is 0 Å². The van der Waals surface area contributed by atoms with Gasteiger partial charge in [-0.2, -0.15) is 17.0 Å². The van der Waals surface area contributed by atoms with Gasteiger partial charge in [0, 0.05) is 45.7 Å². The summed E-state index contributed by atoms with van der Waals surface area (Å²) in [6, 6.07) is 0. The van der Waals surface area contributed by atoms with Crippen LogP contribution in [-0.4, -0.2) is 67.1 Å². The molecule has 1 atom stereocenters. The van der Waals surface area contributed by atoms with Gasteiger partial charge in [0.15, 0.2) is 0 Å². The molecule has 0 aromatic rings. The van der Waals surface area contributed by atoms with Gasteiger partial charge in [-0.05, 0) is 18.8 Å². The summed E-state index contributed by atoms with van der Waals surface area (Å²) in [5.41, 5.74) is 0. The topological polar surface area (TPSA) is 60.9 Å². The van der Waals surface area contributed by atoms with E-state index in [0.717, 1.165) is 12.8 Å². The average Bonchev–Trinajstić information content (AvgIpc) is 3.01. The van der Waals surface area contributed by atoms with Crippen molar-refractivity contribution in [1.29, 1.82) is 0 Å². The molecule has 1 aliphatic heterocycles. The molecular weight excluding hydrogens is 302 g/mol. The number of rotatable bonds is 6. The molecule has 0 saturated carbocycles. The number of hydrogen-bond donors (Lipinski definition) is 0. The van der Waals surface area contributed by atoms with E-state index in [1.807, 2.05) is 13.8 Å². The molecule has 0 N–H and O–H groups in total. The molecule has 1 aliphatic carbocycles. The van der Waals surface area contributed by atoms with Gasteiger partial charge in [0.1, 0.15) is 0 Å². The highest BCUT2D eigenvalue weighted by molar-refractivity contribution is 7.86. The third kappa shape index (κ3) is 3.88. The molecule has 6 nitrogen and oxygen atoms in total. The van der Waals surface area contributed by atoms with Crippen LogP contribution in [0.2, 0.25) is 0 Å². The molecule has 0 aromatic heterocycles. The minimum absolute atomic E-state index is 0.149. The quantitative estimate of drug-likeness (QED) is 0.685. The van der Waals surface area contributed by atoms with E-state index < -0.39 is 10.2 Å². The molecule has 1 heterocycles. The summed E-state index contributed by atoms with van der Waals surface area (Å²) in [5, 5.41) is 0. The molecule has 1 fully saturated rings. The van der Waals surface area contributed by atoms with Crippen LogP contribution < -0.4 is 0 Å². The van der Waals surface area contributed by atoms with Crippen LogP contribution in [-0.2, 0) is 15.0 Å². The van der Waals surface area contributed by atoms with Gasteiger partial charge >= 0.3 is 0 Å². The first-order valence-electron chi connectivity index (χ1n) is 8.18. The van der Waals surface area contributed by atoms with E-state index in [2.05, 4.69) is 12.2 Å². The van der Waals surface area contributed by atoms with Gasteiger partial charge < -0.3 is 4.90 Å². The Bertz CT molecular complexity index is 506. The number of nitrogens with zero attached hydrogens (tertiary/aromatic N) is 3. The van der Waals surface area contributed by atoms with Crippen LogP contribution in [0, 0.1) is 5.92 Å². The van der Waals surface area contributed by atoms with Crippen LogP contribution in [0.1, 0.15) is 33.1 Å². The fraction of sp³-hybridized carbons (Fsp3) is 0.800. The number of carbonyl (C=O) groups is 1. The number of piperazine rings is 1. The molecule has 0 spiro atoms. The standard InChI is InChI=1S/C15H27N3O3S/c1-3-17(4-2)22(20,21)18-11-9-16(10-12-18)15(19)13-14-7-5-6-8-14/h5,7,14H,3-4,6,8-13H2,1-2H3. The van der Waals surface area contributed by atoms with Gasteiger partial charge in [-0.1, -0.05) is 26.0 Å². The van der Waals surface area contributed by atoms with Gasteiger partial charge in [0.2, 0.25) is 5.91 Å².